The van der Waals surface area contributed by atoms with Crippen LogP contribution in [0.1, 0.15) is 41.0 Å². The predicted molar refractivity (Wildman–Crippen MR) is 82.2 cm³/mol. The van der Waals surface area contributed by atoms with Crippen molar-refractivity contribution in [3.63, 3.8) is 0 Å². The van der Waals surface area contributed by atoms with Gasteiger partial charge in [0.15, 0.2) is 0 Å². The fraction of sp³-hybridized carbons (Fsp3) is 1.00. The van der Waals surface area contributed by atoms with Crippen LogP contribution in [0, 0.1) is 5.92 Å². The van der Waals surface area contributed by atoms with Crippen molar-refractivity contribution < 1.29 is 0 Å². The van der Waals surface area contributed by atoms with Crippen molar-refractivity contribution in [1.82, 2.24) is 15.1 Å². The maximum Gasteiger partial charge on any atom is 0.0109 e. The molecule has 0 aliphatic rings. The van der Waals surface area contributed by atoms with E-state index >= 15 is 0 Å². The van der Waals surface area contributed by atoms with Gasteiger partial charge < -0.3 is 15.1 Å². The summed E-state index contributed by atoms with van der Waals surface area (Å²) < 4.78 is 0. The number of hydrogen-bond acceptors (Lipinski definition) is 3. The lowest BCUT2D eigenvalue weighted by atomic mass is 10.1. The predicted octanol–water partition coefficient (Wildman–Crippen LogP) is 2.28. The minimum absolute atomic E-state index is 0.243. The second kappa shape index (κ2) is 8.89. The van der Waals surface area contributed by atoms with Gasteiger partial charge in [0.1, 0.15) is 0 Å². The first-order chi connectivity index (χ1) is 8.20. The van der Waals surface area contributed by atoms with Crippen LogP contribution in [0.25, 0.3) is 0 Å². The van der Waals surface area contributed by atoms with Crippen molar-refractivity contribution >= 4 is 0 Å². The summed E-state index contributed by atoms with van der Waals surface area (Å²) in [7, 11) is 4.30. The van der Waals surface area contributed by atoms with Crippen LogP contribution in [0.2, 0.25) is 0 Å². The second-order valence-corrected chi connectivity index (χ2v) is 7.03. The zero-order valence-corrected chi connectivity index (χ0v) is 13.7. The van der Waals surface area contributed by atoms with Crippen molar-refractivity contribution in [1.29, 1.82) is 0 Å². The van der Waals surface area contributed by atoms with Crippen LogP contribution < -0.4 is 5.32 Å². The van der Waals surface area contributed by atoms with Crippen LogP contribution in [0.4, 0.5) is 0 Å². The van der Waals surface area contributed by atoms with Crippen molar-refractivity contribution in [3.8, 4) is 0 Å². The van der Waals surface area contributed by atoms with E-state index in [-0.39, 0.29) is 5.54 Å². The number of nitrogens with zero attached hydrogens (tertiary/aromatic N) is 2. The van der Waals surface area contributed by atoms with Crippen molar-refractivity contribution in [3.05, 3.63) is 0 Å². The molecule has 18 heavy (non-hydrogen) atoms. The van der Waals surface area contributed by atoms with E-state index in [0.717, 1.165) is 19.0 Å². The normalized spacial score (nSPS) is 13.0. The average molecular weight is 257 g/mol. The Morgan fingerprint density at radius 2 is 1.61 bits per heavy atom. The Morgan fingerprint density at radius 3 is 2.06 bits per heavy atom. The molecule has 0 bridgehead atoms. The highest BCUT2D eigenvalue weighted by molar-refractivity contribution is 4.71. The van der Waals surface area contributed by atoms with Gasteiger partial charge in [-0.2, -0.15) is 0 Å². The highest BCUT2D eigenvalue weighted by atomic mass is 15.2. The fourth-order valence-corrected chi connectivity index (χ4v) is 1.92. The van der Waals surface area contributed by atoms with Gasteiger partial charge in [-0.3, -0.25) is 0 Å². The Labute approximate surface area is 115 Å². The van der Waals surface area contributed by atoms with E-state index in [4.69, 9.17) is 0 Å². The Balaban J connectivity index is 3.86. The molecule has 0 aromatic rings. The van der Waals surface area contributed by atoms with Crippen LogP contribution in [-0.2, 0) is 0 Å². The van der Waals surface area contributed by atoms with Crippen molar-refractivity contribution in [2.45, 2.75) is 46.6 Å². The molecule has 0 saturated heterocycles. The largest absolute Gasteiger partial charge is 0.312 e. The van der Waals surface area contributed by atoms with Crippen LogP contribution in [-0.4, -0.2) is 62.2 Å². The monoisotopic (exact) mass is 257 g/mol. The molecule has 0 aromatic carbocycles. The lowest BCUT2D eigenvalue weighted by Crippen LogP contribution is -2.39. The summed E-state index contributed by atoms with van der Waals surface area (Å²) in [6, 6.07) is 0. The Kier molecular flexibility index (Phi) is 8.83. The molecule has 0 fully saturated rings. The Hall–Kier alpha value is -0.120. The number of rotatable bonds is 9. The number of nitrogens with one attached hydrogen (secondary N) is 1. The van der Waals surface area contributed by atoms with Gasteiger partial charge in [-0.05, 0) is 60.3 Å². The SMILES string of the molecule is CC(C)CN(CCCNC(C)(C)C)CCN(C)C. The standard InChI is InChI=1S/C15H35N3/c1-14(2)13-18(12-11-17(6)7)10-8-9-16-15(3,4)5/h14,16H,8-13H2,1-7H3. The molecule has 0 saturated carbocycles. The van der Waals surface area contributed by atoms with Crippen LogP contribution in [0.5, 0.6) is 0 Å². The maximum atomic E-state index is 3.56. The molecule has 0 aliphatic heterocycles. The van der Waals surface area contributed by atoms with Crippen LogP contribution in [0.15, 0.2) is 0 Å². The van der Waals surface area contributed by atoms with E-state index in [9.17, 15) is 0 Å². The molecule has 0 heterocycles. The van der Waals surface area contributed by atoms with Gasteiger partial charge >= 0.3 is 0 Å². The summed E-state index contributed by atoms with van der Waals surface area (Å²) in [5.74, 6) is 0.753. The molecule has 0 rings (SSSR count). The zero-order chi connectivity index (χ0) is 14.2. The first-order valence-electron chi connectivity index (χ1n) is 7.33. The summed E-state index contributed by atoms with van der Waals surface area (Å²) in [5, 5.41) is 3.56. The van der Waals surface area contributed by atoms with Gasteiger partial charge in [-0.15, -0.1) is 0 Å². The quantitative estimate of drug-likeness (QED) is 0.639. The molecule has 3 heteroatoms. The minimum Gasteiger partial charge on any atom is -0.312 e. The van der Waals surface area contributed by atoms with E-state index in [1.165, 1.54) is 26.1 Å². The molecule has 0 spiro atoms. The first kappa shape index (κ1) is 17.9. The molecular weight excluding hydrogens is 222 g/mol. The van der Waals surface area contributed by atoms with E-state index in [2.05, 4.69) is 63.8 Å². The first-order valence-corrected chi connectivity index (χ1v) is 7.33. The molecule has 0 aliphatic carbocycles. The lowest BCUT2D eigenvalue weighted by molar-refractivity contribution is 0.214. The molecule has 1 N–H and O–H groups in total. The van der Waals surface area contributed by atoms with Crippen LogP contribution in [0.3, 0.4) is 0 Å². The zero-order valence-electron chi connectivity index (χ0n) is 13.7. The van der Waals surface area contributed by atoms with E-state index in [0.29, 0.717) is 0 Å². The summed E-state index contributed by atoms with van der Waals surface area (Å²) in [6.45, 7) is 17.1. The van der Waals surface area contributed by atoms with Gasteiger partial charge in [0, 0.05) is 25.2 Å². The van der Waals surface area contributed by atoms with Gasteiger partial charge in [0.2, 0.25) is 0 Å². The molecule has 0 aromatic heterocycles. The van der Waals surface area contributed by atoms with E-state index < -0.39 is 0 Å². The average Bonchev–Trinajstić information content (AvgIpc) is 2.18. The van der Waals surface area contributed by atoms with Gasteiger partial charge in [0.25, 0.3) is 0 Å². The molecule has 0 amide bonds. The van der Waals surface area contributed by atoms with Gasteiger partial charge in [-0.25, -0.2) is 0 Å². The Bertz CT molecular complexity index is 194. The smallest absolute Gasteiger partial charge is 0.0109 e. The molecular formula is C15H35N3. The third-order valence-electron chi connectivity index (χ3n) is 2.79. The van der Waals surface area contributed by atoms with E-state index in [1.54, 1.807) is 0 Å². The van der Waals surface area contributed by atoms with Gasteiger partial charge in [-0.1, -0.05) is 13.8 Å². The number of likely N-dealkylation sites (N-methyl/N-ethyl adjacent to an activating group) is 1. The maximum absolute atomic E-state index is 3.56. The minimum atomic E-state index is 0.243. The fourth-order valence-electron chi connectivity index (χ4n) is 1.92. The highest BCUT2D eigenvalue weighted by Crippen LogP contribution is 2.02. The topological polar surface area (TPSA) is 18.5 Å². The van der Waals surface area contributed by atoms with Gasteiger partial charge in [0.05, 0.1) is 0 Å². The summed E-state index contributed by atoms with van der Waals surface area (Å²) in [4.78, 5) is 4.86. The Morgan fingerprint density at radius 1 is 1.00 bits per heavy atom. The summed E-state index contributed by atoms with van der Waals surface area (Å²) >= 11 is 0. The third-order valence-corrected chi connectivity index (χ3v) is 2.79. The van der Waals surface area contributed by atoms with Crippen molar-refractivity contribution in [2.75, 3.05) is 46.8 Å². The third kappa shape index (κ3) is 12.3. The molecule has 0 atom stereocenters. The lowest BCUT2D eigenvalue weighted by Gasteiger charge is -2.27. The van der Waals surface area contributed by atoms with Crippen molar-refractivity contribution in [2.24, 2.45) is 5.92 Å². The molecule has 3 nitrogen and oxygen atoms in total. The highest BCUT2D eigenvalue weighted by Gasteiger charge is 2.10. The number of hydrogen-bond donors (Lipinski definition) is 1. The van der Waals surface area contributed by atoms with Crippen LogP contribution >= 0.6 is 0 Å². The summed E-state index contributed by atoms with van der Waals surface area (Å²) in [5.41, 5.74) is 0.243. The second-order valence-electron chi connectivity index (χ2n) is 7.03. The molecule has 0 radical (unpaired) electrons. The molecule has 0 unspecified atom stereocenters. The summed E-state index contributed by atoms with van der Waals surface area (Å²) in [6.07, 6.45) is 1.23. The molecule has 110 valence electrons. The van der Waals surface area contributed by atoms with E-state index in [1.807, 2.05) is 0 Å².